The van der Waals surface area contributed by atoms with E-state index in [1.807, 2.05) is 6.92 Å². The highest BCUT2D eigenvalue weighted by atomic mass is 35.5. The molecule has 4 fully saturated rings. The molecule has 1 heterocycles. The minimum absolute atomic E-state index is 0.0216. The molecule has 1 aromatic carbocycles. The van der Waals surface area contributed by atoms with E-state index in [4.69, 9.17) is 39.9 Å². The maximum atomic E-state index is 13.2. The molecule has 8 nitrogen and oxygen atoms in total. The quantitative estimate of drug-likeness (QED) is 0.158. The van der Waals surface area contributed by atoms with Crippen molar-refractivity contribution in [1.82, 2.24) is 0 Å². The van der Waals surface area contributed by atoms with Crippen LogP contribution in [0, 0.1) is 17.3 Å². The standard InChI is InChI=1S/C28H40BClO8/c1-9-10-11-34-24(31)21-22(35-25(32)36-26(2,3)4)16(12-18(30)23(21)33-8)15-29-37-20-14-17-13-19(27(17,5)6)28(20,7)38-29/h12,17,19-20H,9-11,13-15H2,1-8H3/t17?,19?,20?,28-/m0/s1. The number of halogens is 1. The summed E-state index contributed by atoms with van der Waals surface area (Å²) in [6.07, 6.45) is 2.84. The first-order chi connectivity index (χ1) is 17.7. The molecule has 3 aliphatic carbocycles. The molecule has 1 aromatic rings. The van der Waals surface area contributed by atoms with E-state index in [0.717, 1.165) is 19.3 Å². The van der Waals surface area contributed by atoms with Crippen molar-refractivity contribution in [2.24, 2.45) is 17.3 Å². The Morgan fingerprint density at radius 2 is 1.89 bits per heavy atom. The third kappa shape index (κ3) is 5.39. The van der Waals surface area contributed by atoms with Crippen molar-refractivity contribution < 1.29 is 37.8 Å². The van der Waals surface area contributed by atoms with Gasteiger partial charge >= 0.3 is 19.2 Å². The topological polar surface area (TPSA) is 89.5 Å². The van der Waals surface area contributed by atoms with Crippen LogP contribution in [-0.2, 0) is 25.1 Å². The second-order valence-corrected chi connectivity index (χ2v) is 12.8. The average molecular weight is 551 g/mol. The van der Waals surface area contributed by atoms with E-state index in [2.05, 4.69) is 20.8 Å². The SMILES string of the molecule is CCCCOC(=O)c1c(OC)c(Cl)cc(CB2OC3CC4CC(C4(C)C)[C@]3(C)O2)c1OC(=O)OC(C)(C)C. The monoisotopic (exact) mass is 550 g/mol. The zero-order chi connectivity index (χ0) is 28.0. The molecule has 0 aromatic heterocycles. The van der Waals surface area contributed by atoms with Crippen molar-refractivity contribution in [2.45, 2.75) is 97.8 Å². The summed E-state index contributed by atoms with van der Waals surface area (Å²) in [4.78, 5) is 26.0. The van der Waals surface area contributed by atoms with E-state index < -0.39 is 30.4 Å². The highest BCUT2D eigenvalue weighted by Crippen LogP contribution is 2.65. The summed E-state index contributed by atoms with van der Waals surface area (Å²) < 4.78 is 35.0. The molecule has 1 aliphatic heterocycles. The van der Waals surface area contributed by atoms with Crippen molar-refractivity contribution in [3.8, 4) is 11.5 Å². The number of ether oxygens (including phenoxy) is 4. The van der Waals surface area contributed by atoms with Gasteiger partial charge in [0.15, 0.2) is 11.5 Å². The van der Waals surface area contributed by atoms with Crippen LogP contribution < -0.4 is 9.47 Å². The van der Waals surface area contributed by atoms with Gasteiger partial charge in [-0.1, -0.05) is 38.8 Å². The Bertz CT molecular complexity index is 1080. The fourth-order valence-corrected chi connectivity index (χ4v) is 6.58. The fourth-order valence-electron chi connectivity index (χ4n) is 6.27. The Morgan fingerprint density at radius 3 is 2.50 bits per heavy atom. The summed E-state index contributed by atoms with van der Waals surface area (Å²) in [5.41, 5.74) is -0.615. The van der Waals surface area contributed by atoms with Crippen molar-refractivity contribution in [1.29, 1.82) is 0 Å². The Morgan fingerprint density at radius 1 is 1.18 bits per heavy atom. The van der Waals surface area contributed by atoms with Crippen LogP contribution in [-0.4, -0.2) is 50.3 Å². The van der Waals surface area contributed by atoms with Crippen molar-refractivity contribution in [2.75, 3.05) is 13.7 Å². The van der Waals surface area contributed by atoms with Gasteiger partial charge in [-0.05, 0) is 75.8 Å². The molecule has 4 aliphatic rings. The molecule has 5 rings (SSSR count). The van der Waals surface area contributed by atoms with E-state index in [1.54, 1.807) is 26.8 Å². The second kappa shape index (κ2) is 10.5. The lowest BCUT2D eigenvalue weighted by molar-refractivity contribution is -0.199. The predicted octanol–water partition coefficient (Wildman–Crippen LogP) is 6.43. The number of carbonyl (C=O) groups excluding carboxylic acids is 2. The molecular formula is C28H40BClO8. The van der Waals surface area contributed by atoms with Gasteiger partial charge in [-0.3, -0.25) is 0 Å². The van der Waals surface area contributed by atoms with Gasteiger partial charge in [-0.25, -0.2) is 9.59 Å². The van der Waals surface area contributed by atoms with Crippen LogP contribution in [0.25, 0.3) is 0 Å². The number of hydrogen-bond acceptors (Lipinski definition) is 8. The van der Waals surface area contributed by atoms with E-state index in [9.17, 15) is 9.59 Å². The van der Waals surface area contributed by atoms with E-state index in [1.165, 1.54) is 7.11 Å². The number of carbonyl (C=O) groups is 2. The molecule has 4 atom stereocenters. The zero-order valence-electron chi connectivity index (χ0n) is 23.8. The van der Waals surface area contributed by atoms with E-state index in [0.29, 0.717) is 23.8 Å². The lowest BCUT2D eigenvalue weighted by Gasteiger charge is -2.64. The lowest BCUT2D eigenvalue weighted by Crippen LogP contribution is -2.65. The highest BCUT2D eigenvalue weighted by Gasteiger charge is 2.67. The van der Waals surface area contributed by atoms with Crippen LogP contribution in [0.4, 0.5) is 4.79 Å². The van der Waals surface area contributed by atoms with E-state index >= 15 is 0 Å². The minimum Gasteiger partial charge on any atom is -0.494 e. The van der Waals surface area contributed by atoms with Crippen LogP contribution in [0.15, 0.2) is 6.07 Å². The molecule has 10 heteroatoms. The third-order valence-electron chi connectivity index (χ3n) is 8.37. The molecule has 0 amide bonds. The molecule has 0 N–H and O–H groups in total. The van der Waals surface area contributed by atoms with Crippen LogP contribution in [0.1, 0.15) is 90.1 Å². The Hall–Kier alpha value is -1.97. The van der Waals surface area contributed by atoms with Gasteiger partial charge in [0.1, 0.15) is 11.2 Å². The predicted molar refractivity (Wildman–Crippen MR) is 144 cm³/mol. The van der Waals surface area contributed by atoms with Crippen LogP contribution in [0.3, 0.4) is 0 Å². The van der Waals surface area contributed by atoms with Crippen LogP contribution in [0.2, 0.25) is 5.02 Å². The first kappa shape index (κ1) is 29.0. The van der Waals surface area contributed by atoms with Gasteiger partial charge in [0, 0.05) is 6.32 Å². The van der Waals surface area contributed by atoms with Gasteiger partial charge < -0.3 is 28.3 Å². The molecule has 38 heavy (non-hydrogen) atoms. The van der Waals surface area contributed by atoms with Crippen molar-refractivity contribution >= 4 is 30.8 Å². The van der Waals surface area contributed by atoms with Gasteiger partial charge in [-0.2, -0.15) is 0 Å². The summed E-state index contributed by atoms with van der Waals surface area (Å²) in [6, 6.07) is 1.61. The maximum absolute atomic E-state index is 13.2. The number of benzene rings is 1. The summed E-state index contributed by atoms with van der Waals surface area (Å²) in [5.74, 6) is 0.337. The second-order valence-electron chi connectivity index (χ2n) is 12.4. The third-order valence-corrected chi connectivity index (χ3v) is 8.65. The molecule has 210 valence electrons. The Labute approximate surface area is 231 Å². The van der Waals surface area contributed by atoms with Crippen LogP contribution in [0.5, 0.6) is 11.5 Å². The summed E-state index contributed by atoms with van der Waals surface area (Å²) in [7, 11) is 0.790. The zero-order valence-corrected chi connectivity index (χ0v) is 24.5. The summed E-state index contributed by atoms with van der Waals surface area (Å²) in [5, 5.41) is 0.187. The number of unbranched alkanes of at least 4 members (excludes halogenated alkanes) is 1. The van der Waals surface area contributed by atoms with Gasteiger partial charge in [0.05, 0.1) is 30.4 Å². The molecule has 0 radical (unpaired) electrons. The number of rotatable bonds is 8. The molecule has 2 bridgehead atoms. The number of esters is 1. The van der Waals surface area contributed by atoms with Gasteiger partial charge in [-0.15, -0.1) is 0 Å². The maximum Gasteiger partial charge on any atom is 0.514 e. The molecule has 0 spiro atoms. The lowest BCUT2D eigenvalue weighted by atomic mass is 9.43. The molecule has 3 unspecified atom stereocenters. The van der Waals surface area contributed by atoms with Crippen molar-refractivity contribution in [3.05, 3.63) is 22.2 Å². The molecule has 3 saturated carbocycles. The first-order valence-electron chi connectivity index (χ1n) is 13.5. The van der Waals surface area contributed by atoms with E-state index in [-0.39, 0.29) is 46.5 Å². The number of methoxy groups -OCH3 is 1. The van der Waals surface area contributed by atoms with Gasteiger partial charge in [0.25, 0.3) is 0 Å². The number of hydrogen-bond donors (Lipinski definition) is 0. The van der Waals surface area contributed by atoms with Crippen LogP contribution >= 0.6 is 11.6 Å². The van der Waals surface area contributed by atoms with Crippen molar-refractivity contribution in [3.63, 3.8) is 0 Å². The molecular weight excluding hydrogens is 511 g/mol. The first-order valence-corrected chi connectivity index (χ1v) is 13.9. The largest absolute Gasteiger partial charge is 0.514 e. The molecule has 1 saturated heterocycles. The summed E-state index contributed by atoms with van der Waals surface area (Å²) in [6.45, 7) is 14.1. The van der Waals surface area contributed by atoms with Gasteiger partial charge in [0.2, 0.25) is 0 Å². The highest BCUT2D eigenvalue weighted by molar-refractivity contribution is 6.45. The smallest absolute Gasteiger partial charge is 0.494 e. The Kier molecular flexibility index (Phi) is 8.06. The fraction of sp³-hybridized carbons (Fsp3) is 0.714. The Balaban J connectivity index is 1.68. The average Bonchev–Trinajstić information content (AvgIpc) is 3.14. The summed E-state index contributed by atoms with van der Waals surface area (Å²) >= 11 is 6.57. The minimum atomic E-state index is -0.956. The normalized spacial score (nSPS) is 27.3.